The van der Waals surface area contributed by atoms with Crippen LogP contribution in [0, 0.1) is 0 Å². The highest BCUT2D eigenvalue weighted by Crippen LogP contribution is 2.20. The van der Waals surface area contributed by atoms with Crippen LogP contribution in [0.4, 0.5) is 0 Å². The van der Waals surface area contributed by atoms with Crippen molar-refractivity contribution in [2.24, 2.45) is 0 Å². The van der Waals surface area contributed by atoms with E-state index in [1.807, 2.05) is 48.8 Å². The Morgan fingerprint density at radius 1 is 0.848 bits per heavy atom. The first-order valence-electron chi connectivity index (χ1n) is 10.7. The Morgan fingerprint density at radius 2 is 1.64 bits per heavy atom. The number of para-hydroxylation sites is 2. The van der Waals surface area contributed by atoms with Crippen LogP contribution >= 0.6 is 0 Å². The third kappa shape index (κ3) is 4.91. The standard InChI is InChI=1S/C27H22N4O2/c32-27(22-11-13-23(14-12-22)33-24-4-3-15-28-17-24)29-16-20-7-9-21(10-8-20)18-31-19-30-25-5-1-2-6-26(25)31/h1-15,17,19H,16,18H2,(H,29,32). The molecule has 0 saturated heterocycles. The van der Waals surface area contributed by atoms with Gasteiger partial charge in [0.25, 0.3) is 5.91 Å². The van der Waals surface area contributed by atoms with Crippen molar-refractivity contribution in [1.29, 1.82) is 0 Å². The van der Waals surface area contributed by atoms with Gasteiger partial charge >= 0.3 is 0 Å². The number of carbonyl (C=O) groups is 1. The first kappa shape index (κ1) is 20.5. The van der Waals surface area contributed by atoms with Gasteiger partial charge in [-0.2, -0.15) is 0 Å². The predicted octanol–water partition coefficient (Wildman–Crippen LogP) is 5.20. The quantitative estimate of drug-likeness (QED) is 0.382. The molecule has 1 N–H and O–H groups in total. The second-order valence-corrected chi connectivity index (χ2v) is 7.68. The molecule has 0 radical (unpaired) electrons. The third-order valence-corrected chi connectivity index (χ3v) is 5.34. The van der Waals surface area contributed by atoms with Crippen molar-refractivity contribution in [3.05, 3.63) is 120 Å². The number of nitrogens with one attached hydrogen (secondary N) is 1. The summed E-state index contributed by atoms with van der Waals surface area (Å²) >= 11 is 0. The highest BCUT2D eigenvalue weighted by molar-refractivity contribution is 5.94. The molecule has 0 fully saturated rings. The fraction of sp³-hybridized carbons (Fsp3) is 0.0741. The summed E-state index contributed by atoms with van der Waals surface area (Å²) in [5, 5.41) is 2.97. The maximum atomic E-state index is 12.5. The molecule has 0 spiro atoms. The lowest BCUT2D eigenvalue weighted by atomic mass is 10.1. The number of imidazole rings is 1. The maximum Gasteiger partial charge on any atom is 0.251 e. The fourth-order valence-electron chi connectivity index (χ4n) is 3.60. The number of aromatic nitrogens is 3. The fourth-order valence-corrected chi connectivity index (χ4v) is 3.60. The Balaban J connectivity index is 1.16. The molecule has 0 bridgehead atoms. The Labute approximate surface area is 191 Å². The van der Waals surface area contributed by atoms with Crippen LogP contribution in [-0.4, -0.2) is 20.4 Å². The van der Waals surface area contributed by atoms with Gasteiger partial charge in [0.2, 0.25) is 0 Å². The van der Waals surface area contributed by atoms with Crippen molar-refractivity contribution in [3.8, 4) is 11.5 Å². The monoisotopic (exact) mass is 434 g/mol. The van der Waals surface area contributed by atoms with E-state index in [4.69, 9.17) is 4.74 Å². The van der Waals surface area contributed by atoms with E-state index in [-0.39, 0.29) is 5.91 Å². The molecular formula is C27H22N4O2. The van der Waals surface area contributed by atoms with Gasteiger partial charge in [0.1, 0.15) is 11.5 Å². The number of fused-ring (bicyclic) bond motifs is 1. The average molecular weight is 434 g/mol. The second-order valence-electron chi connectivity index (χ2n) is 7.68. The van der Waals surface area contributed by atoms with E-state index in [9.17, 15) is 4.79 Å². The van der Waals surface area contributed by atoms with E-state index in [2.05, 4.69) is 38.1 Å². The van der Waals surface area contributed by atoms with Gasteiger partial charge in [-0.15, -0.1) is 0 Å². The van der Waals surface area contributed by atoms with Gasteiger partial charge < -0.3 is 14.6 Å². The highest BCUT2D eigenvalue weighted by atomic mass is 16.5. The Bertz CT molecular complexity index is 1360. The highest BCUT2D eigenvalue weighted by Gasteiger charge is 2.07. The van der Waals surface area contributed by atoms with Crippen LogP contribution in [0.2, 0.25) is 0 Å². The lowest BCUT2D eigenvalue weighted by molar-refractivity contribution is 0.0951. The SMILES string of the molecule is O=C(NCc1ccc(Cn2cnc3ccccc32)cc1)c1ccc(Oc2cccnc2)cc1. The molecular weight excluding hydrogens is 412 g/mol. The van der Waals surface area contributed by atoms with Crippen molar-refractivity contribution >= 4 is 16.9 Å². The molecule has 0 unspecified atom stereocenters. The lowest BCUT2D eigenvalue weighted by Crippen LogP contribution is -2.22. The van der Waals surface area contributed by atoms with E-state index in [1.165, 1.54) is 5.56 Å². The first-order chi connectivity index (χ1) is 16.2. The molecule has 2 heterocycles. The second kappa shape index (κ2) is 9.36. The van der Waals surface area contributed by atoms with Crippen LogP contribution in [-0.2, 0) is 13.1 Å². The van der Waals surface area contributed by atoms with Crippen LogP contribution in [0.5, 0.6) is 11.5 Å². The normalized spacial score (nSPS) is 10.8. The molecule has 0 aliphatic rings. The maximum absolute atomic E-state index is 12.5. The lowest BCUT2D eigenvalue weighted by Gasteiger charge is -2.09. The number of ether oxygens (including phenoxy) is 1. The van der Waals surface area contributed by atoms with Crippen LogP contribution in [0.25, 0.3) is 11.0 Å². The first-order valence-corrected chi connectivity index (χ1v) is 10.7. The molecule has 33 heavy (non-hydrogen) atoms. The minimum Gasteiger partial charge on any atom is -0.456 e. The van der Waals surface area contributed by atoms with Crippen LogP contribution in [0.3, 0.4) is 0 Å². The zero-order valence-corrected chi connectivity index (χ0v) is 17.9. The molecule has 0 aliphatic heterocycles. The number of amides is 1. The van der Waals surface area contributed by atoms with Crippen molar-refractivity contribution < 1.29 is 9.53 Å². The number of hydrogen-bond acceptors (Lipinski definition) is 4. The summed E-state index contributed by atoms with van der Waals surface area (Å²) in [4.78, 5) is 21.0. The summed E-state index contributed by atoms with van der Waals surface area (Å²) in [7, 11) is 0. The zero-order valence-electron chi connectivity index (χ0n) is 17.9. The van der Waals surface area contributed by atoms with Crippen molar-refractivity contribution in [3.63, 3.8) is 0 Å². The molecule has 3 aromatic carbocycles. The third-order valence-electron chi connectivity index (χ3n) is 5.34. The van der Waals surface area contributed by atoms with Crippen LogP contribution < -0.4 is 10.1 Å². The Hall–Kier alpha value is -4.45. The number of rotatable bonds is 7. The molecule has 5 aromatic rings. The van der Waals surface area contributed by atoms with E-state index in [0.29, 0.717) is 23.6 Å². The van der Waals surface area contributed by atoms with Crippen molar-refractivity contribution in [2.75, 3.05) is 0 Å². The zero-order chi connectivity index (χ0) is 22.5. The number of nitrogens with zero attached hydrogens (tertiary/aromatic N) is 3. The van der Waals surface area contributed by atoms with E-state index in [1.54, 1.807) is 36.7 Å². The average Bonchev–Trinajstić information content (AvgIpc) is 3.27. The topological polar surface area (TPSA) is 69.0 Å². The minimum absolute atomic E-state index is 0.128. The van der Waals surface area contributed by atoms with Crippen LogP contribution in [0.1, 0.15) is 21.5 Å². The smallest absolute Gasteiger partial charge is 0.251 e. The molecule has 6 nitrogen and oxygen atoms in total. The number of pyridine rings is 1. The largest absolute Gasteiger partial charge is 0.456 e. The number of hydrogen-bond donors (Lipinski definition) is 1. The molecule has 6 heteroatoms. The van der Waals surface area contributed by atoms with Crippen molar-refractivity contribution in [2.45, 2.75) is 13.1 Å². The molecule has 0 aliphatic carbocycles. The van der Waals surface area contributed by atoms with Gasteiger partial charge in [0.15, 0.2) is 0 Å². The summed E-state index contributed by atoms with van der Waals surface area (Å²) in [5.41, 5.74) is 4.91. The summed E-state index contributed by atoms with van der Waals surface area (Å²) in [6.07, 6.45) is 5.20. The summed E-state index contributed by atoms with van der Waals surface area (Å²) in [6, 6.07) is 27.0. The Kier molecular flexibility index (Phi) is 5.80. The molecule has 162 valence electrons. The van der Waals surface area contributed by atoms with Gasteiger partial charge in [-0.3, -0.25) is 9.78 Å². The van der Waals surface area contributed by atoms with Crippen molar-refractivity contribution in [1.82, 2.24) is 19.9 Å². The number of benzene rings is 3. The van der Waals surface area contributed by atoms with Gasteiger partial charge in [-0.05, 0) is 59.7 Å². The van der Waals surface area contributed by atoms with Gasteiger partial charge in [0.05, 0.1) is 23.6 Å². The van der Waals surface area contributed by atoms with Gasteiger partial charge in [-0.25, -0.2) is 4.98 Å². The summed E-state index contributed by atoms with van der Waals surface area (Å²) in [5.74, 6) is 1.18. The van der Waals surface area contributed by atoms with E-state index in [0.717, 1.165) is 23.1 Å². The summed E-state index contributed by atoms with van der Waals surface area (Å²) in [6.45, 7) is 1.21. The van der Waals surface area contributed by atoms with Gasteiger partial charge in [-0.1, -0.05) is 36.4 Å². The van der Waals surface area contributed by atoms with E-state index >= 15 is 0 Å². The predicted molar refractivity (Wildman–Crippen MR) is 127 cm³/mol. The molecule has 0 saturated carbocycles. The van der Waals surface area contributed by atoms with E-state index < -0.39 is 0 Å². The molecule has 0 atom stereocenters. The minimum atomic E-state index is -0.128. The molecule has 5 rings (SSSR count). The Morgan fingerprint density at radius 3 is 2.42 bits per heavy atom. The van der Waals surface area contributed by atoms with Crippen LogP contribution in [0.15, 0.2) is 104 Å². The molecule has 1 amide bonds. The van der Waals surface area contributed by atoms with Gasteiger partial charge in [0, 0.05) is 24.8 Å². The summed E-state index contributed by atoms with van der Waals surface area (Å²) < 4.78 is 7.85. The molecule has 2 aromatic heterocycles. The number of carbonyl (C=O) groups excluding carboxylic acids is 1.